The zero-order valence-electron chi connectivity index (χ0n) is 14.5. The van der Waals surface area contributed by atoms with Gasteiger partial charge in [-0.3, -0.25) is 4.79 Å². The quantitative estimate of drug-likeness (QED) is 0.694. The maximum absolute atomic E-state index is 12.5. The molecule has 0 bridgehead atoms. The number of likely N-dealkylation sites (N-methyl/N-ethyl adjacent to an activating group) is 1. The van der Waals surface area contributed by atoms with E-state index < -0.39 is 9.84 Å². The van der Waals surface area contributed by atoms with Gasteiger partial charge >= 0.3 is 0 Å². The van der Waals surface area contributed by atoms with Gasteiger partial charge in [0, 0.05) is 13.1 Å². The molecule has 1 atom stereocenters. The number of phenols is 1. The van der Waals surface area contributed by atoms with Gasteiger partial charge in [-0.15, -0.1) is 0 Å². The number of hydrogen-bond donors (Lipinski definition) is 2. The van der Waals surface area contributed by atoms with Gasteiger partial charge in [0.15, 0.2) is 16.4 Å². The molecule has 0 aliphatic carbocycles. The van der Waals surface area contributed by atoms with Crippen molar-refractivity contribution in [2.24, 2.45) is 0 Å². The van der Waals surface area contributed by atoms with E-state index in [-0.39, 0.29) is 29.2 Å². The summed E-state index contributed by atoms with van der Waals surface area (Å²) in [6, 6.07) is 7.11. The second kappa shape index (κ2) is 7.21. The Kier molecular flexibility index (Phi) is 5.19. The Morgan fingerprint density at radius 2 is 2.00 bits per heavy atom. The minimum Gasteiger partial charge on any atom is -0.506 e. The molecular weight excluding hydrogens is 342 g/mol. The van der Waals surface area contributed by atoms with Crippen molar-refractivity contribution in [2.75, 3.05) is 56.2 Å². The number of quaternary nitrogens is 1. The van der Waals surface area contributed by atoms with Crippen LogP contribution in [0.3, 0.4) is 0 Å². The van der Waals surface area contributed by atoms with Gasteiger partial charge in [-0.2, -0.15) is 0 Å². The number of aromatic hydroxyl groups is 1. The molecule has 25 heavy (non-hydrogen) atoms. The molecule has 3 rings (SSSR count). The van der Waals surface area contributed by atoms with Crippen molar-refractivity contribution in [3.63, 3.8) is 0 Å². The molecule has 0 saturated carbocycles. The smallest absolute Gasteiger partial charge is 0.277 e. The van der Waals surface area contributed by atoms with Crippen molar-refractivity contribution >= 4 is 21.4 Å². The minimum atomic E-state index is -2.98. The number of carbonyl (C=O) groups excluding carboxylic acids is 1. The second-order valence-corrected chi connectivity index (χ2v) is 9.19. The Balaban J connectivity index is 1.50. The summed E-state index contributed by atoms with van der Waals surface area (Å²) in [6.45, 7) is 3.58. The Labute approximate surface area is 148 Å². The van der Waals surface area contributed by atoms with E-state index in [1.165, 1.54) is 4.90 Å². The number of nitrogens with one attached hydrogen (secondary N) is 1. The van der Waals surface area contributed by atoms with Crippen LogP contribution in [0, 0.1) is 0 Å². The van der Waals surface area contributed by atoms with Crippen LogP contribution in [-0.2, 0) is 14.6 Å². The molecule has 0 spiro atoms. The van der Waals surface area contributed by atoms with E-state index in [9.17, 15) is 18.3 Å². The average Bonchev–Trinajstić information content (AvgIpc) is 2.95. The minimum absolute atomic E-state index is 0.00751. The molecule has 1 amide bonds. The molecule has 138 valence electrons. The van der Waals surface area contributed by atoms with E-state index in [0.717, 1.165) is 31.9 Å². The molecule has 1 aromatic rings. The molecule has 2 aliphatic heterocycles. The maximum atomic E-state index is 12.5. The zero-order chi connectivity index (χ0) is 18.0. The fourth-order valence-electron chi connectivity index (χ4n) is 3.60. The van der Waals surface area contributed by atoms with Gasteiger partial charge in [0.2, 0.25) is 0 Å². The number of piperazine rings is 1. The number of carbonyl (C=O) groups is 1. The third kappa shape index (κ3) is 4.24. The lowest BCUT2D eigenvalue weighted by molar-refractivity contribution is -0.892. The topological polar surface area (TPSA) is 82.4 Å². The van der Waals surface area contributed by atoms with Gasteiger partial charge in [-0.1, -0.05) is 12.1 Å². The summed E-state index contributed by atoms with van der Waals surface area (Å²) in [5, 5.41) is 9.95. The summed E-state index contributed by atoms with van der Waals surface area (Å²) in [5.41, 5.74) is 0.834. The molecule has 2 N–H and O–H groups in total. The van der Waals surface area contributed by atoms with Crippen LogP contribution in [-0.4, -0.2) is 81.7 Å². The van der Waals surface area contributed by atoms with Gasteiger partial charge in [0.25, 0.3) is 5.91 Å². The number of benzene rings is 1. The normalized spacial score (nSPS) is 23.6. The summed E-state index contributed by atoms with van der Waals surface area (Å²) < 4.78 is 23.2. The highest BCUT2D eigenvalue weighted by Crippen LogP contribution is 2.26. The highest BCUT2D eigenvalue weighted by molar-refractivity contribution is 7.91. The van der Waals surface area contributed by atoms with E-state index in [1.807, 2.05) is 12.1 Å². The Morgan fingerprint density at radius 3 is 2.60 bits per heavy atom. The van der Waals surface area contributed by atoms with E-state index in [0.29, 0.717) is 13.0 Å². The Hall–Kier alpha value is -1.80. The highest BCUT2D eigenvalue weighted by Gasteiger charge is 2.34. The van der Waals surface area contributed by atoms with Crippen LogP contribution in [0.4, 0.5) is 5.69 Å². The van der Waals surface area contributed by atoms with Crippen molar-refractivity contribution in [1.82, 2.24) is 4.90 Å². The summed E-state index contributed by atoms with van der Waals surface area (Å²) in [5.74, 6) is 0.560. The van der Waals surface area contributed by atoms with Crippen molar-refractivity contribution in [3.05, 3.63) is 24.3 Å². The molecule has 2 fully saturated rings. The summed E-state index contributed by atoms with van der Waals surface area (Å²) >= 11 is 0. The largest absolute Gasteiger partial charge is 0.506 e. The van der Waals surface area contributed by atoms with Crippen LogP contribution in [0.15, 0.2) is 24.3 Å². The first-order valence-electron chi connectivity index (χ1n) is 8.68. The number of sulfone groups is 1. The van der Waals surface area contributed by atoms with Crippen molar-refractivity contribution in [1.29, 1.82) is 0 Å². The highest BCUT2D eigenvalue weighted by atomic mass is 32.2. The van der Waals surface area contributed by atoms with Crippen molar-refractivity contribution in [3.8, 4) is 5.75 Å². The van der Waals surface area contributed by atoms with Gasteiger partial charge in [0.1, 0.15) is 5.75 Å². The number of phenolic OH excluding ortho intramolecular Hbond substituents is 1. The molecule has 2 aliphatic rings. The van der Waals surface area contributed by atoms with E-state index in [4.69, 9.17) is 0 Å². The van der Waals surface area contributed by atoms with Crippen LogP contribution >= 0.6 is 0 Å². The van der Waals surface area contributed by atoms with Gasteiger partial charge in [0.05, 0.1) is 43.4 Å². The van der Waals surface area contributed by atoms with Gasteiger partial charge < -0.3 is 19.8 Å². The lowest BCUT2D eigenvalue weighted by Gasteiger charge is -2.34. The first kappa shape index (κ1) is 18.0. The number of anilines is 1. The summed E-state index contributed by atoms with van der Waals surface area (Å²) in [4.78, 5) is 17.4. The number of rotatable bonds is 4. The van der Waals surface area contributed by atoms with Crippen molar-refractivity contribution < 1.29 is 23.2 Å². The standard InChI is InChI=1S/C17H25N3O4S/c1-18(14-6-11-25(23,24)13-14)17(22)12-19-7-9-20(10-8-19)15-4-2-3-5-16(15)21/h2-5,14,21H,6-13H2,1H3/p+1/t14-/m0/s1. The zero-order valence-corrected chi connectivity index (χ0v) is 15.3. The molecule has 1 aromatic carbocycles. The summed E-state index contributed by atoms with van der Waals surface area (Å²) in [7, 11) is -1.27. The fourth-order valence-corrected chi connectivity index (χ4v) is 5.37. The molecule has 7 nitrogen and oxygen atoms in total. The van der Waals surface area contributed by atoms with Crippen molar-refractivity contribution in [2.45, 2.75) is 12.5 Å². The average molecular weight is 368 g/mol. The van der Waals surface area contributed by atoms with Gasteiger partial charge in [-0.05, 0) is 18.6 Å². The first-order valence-corrected chi connectivity index (χ1v) is 10.5. The molecule has 0 unspecified atom stereocenters. The van der Waals surface area contributed by atoms with Crippen LogP contribution in [0.2, 0.25) is 0 Å². The van der Waals surface area contributed by atoms with Gasteiger partial charge in [-0.25, -0.2) is 8.42 Å². The number of nitrogens with zero attached hydrogens (tertiary/aromatic N) is 2. The molecule has 0 radical (unpaired) electrons. The number of para-hydroxylation sites is 2. The third-order valence-corrected chi connectivity index (χ3v) is 6.99. The van der Waals surface area contributed by atoms with E-state index in [2.05, 4.69) is 4.90 Å². The second-order valence-electron chi connectivity index (χ2n) is 6.96. The fraction of sp³-hybridized carbons (Fsp3) is 0.588. The first-order chi connectivity index (χ1) is 11.9. The maximum Gasteiger partial charge on any atom is 0.277 e. The van der Waals surface area contributed by atoms with Crippen LogP contribution in [0.5, 0.6) is 5.75 Å². The monoisotopic (exact) mass is 368 g/mol. The molecule has 2 saturated heterocycles. The van der Waals surface area contributed by atoms with Crippen LogP contribution in [0.1, 0.15) is 6.42 Å². The molecule has 8 heteroatoms. The van der Waals surface area contributed by atoms with E-state index >= 15 is 0 Å². The van der Waals surface area contributed by atoms with Crippen LogP contribution < -0.4 is 9.80 Å². The molecule has 0 aromatic heterocycles. The Morgan fingerprint density at radius 1 is 1.32 bits per heavy atom. The predicted molar refractivity (Wildman–Crippen MR) is 95.7 cm³/mol. The molecule has 2 heterocycles. The van der Waals surface area contributed by atoms with E-state index in [1.54, 1.807) is 24.1 Å². The Bertz CT molecular complexity index is 729. The van der Waals surface area contributed by atoms with Crippen LogP contribution in [0.25, 0.3) is 0 Å². The number of amides is 1. The lowest BCUT2D eigenvalue weighted by atomic mass is 10.2. The SMILES string of the molecule is CN(C(=O)C[NH+]1CCN(c2ccccc2O)CC1)[C@H]1CCS(=O)(=O)C1. The predicted octanol–water partition coefficient (Wildman–Crippen LogP) is -1.26. The molecular formula is C17H26N3O4S+. The lowest BCUT2D eigenvalue weighted by Crippen LogP contribution is -3.16. The number of hydrogen-bond acceptors (Lipinski definition) is 5. The third-order valence-electron chi connectivity index (χ3n) is 5.24. The summed E-state index contributed by atoms with van der Waals surface area (Å²) in [6.07, 6.45) is 0.543.